The standard InChI is InChI=1S/C16H25N3O2/c1-4-13-10-18(7-8-19(13)11(2)3)16(20)15-9-14(17-21-15)12-5-6-12/h9,11-13H,4-8,10H2,1-3H3/t13-/m1/s1. The minimum Gasteiger partial charge on any atom is -0.351 e. The van der Waals surface area contributed by atoms with Crippen molar-refractivity contribution >= 4 is 5.91 Å². The lowest BCUT2D eigenvalue weighted by atomic mass is 10.1. The Morgan fingerprint density at radius 1 is 1.43 bits per heavy atom. The van der Waals surface area contributed by atoms with Crippen molar-refractivity contribution in [2.75, 3.05) is 19.6 Å². The van der Waals surface area contributed by atoms with Gasteiger partial charge in [-0.3, -0.25) is 9.69 Å². The first kappa shape index (κ1) is 14.6. The summed E-state index contributed by atoms with van der Waals surface area (Å²) in [6.45, 7) is 9.12. The quantitative estimate of drug-likeness (QED) is 0.855. The molecule has 1 amide bonds. The van der Waals surface area contributed by atoms with Crippen LogP contribution in [0.5, 0.6) is 0 Å². The fourth-order valence-corrected chi connectivity index (χ4v) is 3.21. The highest BCUT2D eigenvalue weighted by atomic mass is 16.5. The number of hydrogen-bond donors (Lipinski definition) is 0. The molecule has 0 unspecified atom stereocenters. The average molecular weight is 291 g/mol. The maximum absolute atomic E-state index is 12.6. The summed E-state index contributed by atoms with van der Waals surface area (Å²) >= 11 is 0. The lowest BCUT2D eigenvalue weighted by Crippen LogP contribution is -2.56. The van der Waals surface area contributed by atoms with E-state index in [-0.39, 0.29) is 5.91 Å². The zero-order chi connectivity index (χ0) is 15.0. The van der Waals surface area contributed by atoms with Gasteiger partial charge in [-0.15, -0.1) is 0 Å². The number of nitrogens with zero attached hydrogens (tertiary/aromatic N) is 3. The number of rotatable bonds is 4. The molecule has 1 aliphatic carbocycles. The first-order valence-electron chi connectivity index (χ1n) is 8.11. The molecule has 1 aliphatic heterocycles. The van der Waals surface area contributed by atoms with E-state index in [0.717, 1.165) is 31.7 Å². The molecule has 0 bridgehead atoms. The predicted molar refractivity (Wildman–Crippen MR) is 80.3 cm³/mol. The molecule has 2 aliphatic rings. The molecule has 5 nitrogen and oxygen atoms in total. The molecule has 116 valence electrons. The van der Waals surface area contributed by atoms with E-state index in [0.29, 0.717) is 23.8 Å². The van der Waals surface area contributed by atoms with Crippen LogP contribution in [0.25, 0.3) is 0 Å². The number of hydrogen-bond acceptors (Lipinski definition) is 4. The average Bonchev–Trinajstić information content (AvgIpc) is 3.23. The highest BCUT2D eigenvalue weighted by molar-refractivity contribution is 5.91. The Morgan fingerprint density at radius 3 is 2.81 bits per heavy atom. The SMILES string of the molecule is CC[C@@H]1CN(C(=O)c2cc(C3CC3)no2)CCN1C(C)C. The largest absolute Gasteiger partial charge is 0.351 e. The molecule has 0 N–H and O–H groups in total. The molecule has 0 spiro atoms. The molecule has 0 radical (unpaired) electrons. The van der Waals surface area contributed by atoms with Gasteiger partial charge in [-0.25, -0.2) is 0 Å². The van der Waals surface area contributed by atoms with E-state index in [9.17, 15) is 4.79 Å². The van der Waals surface area contributed by atoms with Gasteiger partial charge < -0.3 is 9.42 Å². The van der Waals surface area contributed by atoms with Crippen molar-refractivity contribution in [1.29, 1.82) is 0 Å². The first-order chi connectivity index (χ1) is 10.1. The van der Waals surface area contributed by atoms with E-state index in [2.05, 4.69) is 30.8 Å². The van der Waals surface area contributed by atoms with Crippen molar-refractivity contribution in [2.45, 2.75) is 58.0 Å². The lowest BCUT2D eigenvalue weighted by Gasteiger charge is -2.43. The van der Waals surface area contributed by atoms with Crippen molar-refractivity contribution in [3.63, 3.8) is 0 Å². The Kier molecular flexibility index (Phi) is 4.02. The van der Waals surface area contributed by atoms with Gasteiger partial charge in [0.1, 0.15) is 0 Å². The van der Waals surface area contributed by atoms with Gasteiger partial charge in [0.25, 0.3) is 5.91 Å². The van der Waals surface area contributed by atoms with E-state index in [1.165, 1.54) is 12.8 Å². The molecule has 2 fully saturated rings. The van der Waals surface area contributed by atoms with Gasteiger partial charge >= 0.3 is 0 Å². The molecule has 3 rings (SSSR count). The van der Waals surface area contributed by atoms with Gasteiger partial charge in [0.05, 0.1) is 5.69 Å². The normalized spacial score (nSPS) is 23.8. The van der Waals surface area contributed by atoms with Crippen LogP contribution < -0.4 is 0 Å². The van der Waals surface area contributed by atoms with Crippen LogP contribution in [-0.4, -0.2) is 52.6 Å². The molecule has 5 heteroatoms. The monoisotopic (exact) mass is 291 g/mol. The molecule has 1 saturated carbocycles. The number of carbonyl (C=O) groups is 1. The van der Waals surface area contributed by atoms with Gasteiger partial charge in [0, 0.05) is 43.7 Å². The van der Waals surface area contributed by atoms with Gasteiger partial charge in [-0.2, -0.15) is 0 Å². The number of piperazine rings is 1. The van der Waals surface area contributed by atoms with Crippen LogP contribution in [0.15, 0.2) is 10.6 Å². The number of carbonyl (C=O) groups excluding carboxylic acids is 1. The molecule has 21 heavy (non-hydrogen) atoms. The molecular weight excluding hydrogens is 266 g/mol. The topological polar surface area (TPSA) is 49.6 Å². The van der Waals surface area contributed by atoms with E-state index in [1.807, 2.05) is 11.0 Å². The summed E-state index contributed by atoms with van der Waals surface area (Å²) in [5, 5.41) is 4.04. The van der Waals surface area contributed by atoms with Crippen LogP contribution >= 0.6 is 0 Å². The van der Waals surface area contributed by atoms with E-state index in [4.69, 9.17) is 4.52 Å². The van der Waals surface area contributed by atoms with E-state index >= 15 is 0 Å². The second kappa shape index (κ2) is 5.79. The maximum atomic E-state index is 12.6. The Balaban J connectivity index is 1.67. The minimum absolute atomic E-state index is 0.00347. The third kappa shape index (κ3) is 2.98. The van der Waals surface area contributed by atoms with E-state index < -0.39 is 0 Å². The molecule has 1 aromatic rings. The maximum Gasteiger partial charge on any atom is 0.292 e. The molecule has 0 aromatic carbocycles. The van der Waals surface area contributed by atoms with Crippen LogP contribution in [0.4, 0.5) is 0 Å². The summed E-state index contributed by atoms with van der Waals surface area (Å²) in [6, 6.07) is 2.81. The Bertz CT molecular complexity index is 507. The highest BCUT2D eigenvalue weighted by Crippen LogP contribution is 2.39. The van der Waals surface area contributed by atoms with E-state index in [1.54, 1.807) is 0 Å². The summed E-state index contributed by atoms with van der Waals surface area (Å²) in [5.74, 6) is 0.928. The minimum atomic E-state index is -0.00347. The summed E-state index contributed by atoms with van der Waals surface area (Å²) in [7, 11) is 0. The van der Waals surface area contributed by atoms with Gasteiger partial charge in [-0.05, 0) is 33.1 Å². The Hall–Kier alpha value is -1.36. The van der Waals surface area contributed by atoms with Crippen LogP contribution in [0.3, 0.4) is 0 Å². The summed E-state index contributed by atoms with van der Waals surface area (Å²) < 4.78 is 5.27. The van der Waals surface area contributed by atoms with Crippen LogP contribution in [0.2, 0.25) is 0 Å². The molecule has 1 saturated heterocycles. The summed E-state index contributed by atoms with van der Waals surface area (Å²) in [4.78, 5) is 17.0. The highest BCUT2D eigenvalue weighted by Gasteiger charge is 2.33. The Labute approximate surface area is 126 Å². The fraction of sp³-hybridized carbons (Fsp3) is 0.750. The third-order valence-electron chi connectivity index (χ3n) is 4.68. The van der Waals surface area contributed by atoms with Crippen LogP contribution in [0.1, 0.15) is 62.2 Å². The molecule has 2 heterocycles. The number of amides is 1. The fourth-order valence-electron chi connectivity index (χ4n) is 3.21. The molecule has 1 aromatic heterocycles. The second-order valence-electron chi connectivity index (χ2n) is 6.54. The Morgan fingerprint density at radius 2 is 2.19 bits per heavy atom. The summed E-state index contributed by atoms with van der Waals surface area (Å²) in [5.41, 5.74) is 0.950. The third-order valence-corrected chi connectivity index (χ3v) is 4.68. The number of aromatic nitrogens is 1. The van der Waals surface area contributed by atoms with Crippen molar-refractivity contribution in [2.24, 2.45) is 0 Å². The van der Waals surface area contributed by atoms with Crippen molar-refractivity contribution in [3.05, 3.63) is 17.5 Å². The smallest absolute Gasteiger partial charge is 0.292 e. The van der Waals surface area contributed by atoms with Crippen LogP contribution in [0, 0.1) is 0 Å². The summed E-state index contributed by atoms with van der Waals surface area (Å²) in [6.07, 6.45) is 3.40. The van der Waals surface area contributed by atoms with Gasteiger partial charge in [0.15, 0.2) is 0 Å². The second-order valence-corrected chi connectivity index (χ2v) is 6.54. The van der Waals surface area contributed by atoms with Crippen molar-refractivity contribution < 1.29 is 9.32 Å². The van der Waals surface area contributed by atoms with Crippen molar-refractivity contribution in [3.8, 4) is 0 Å². The van der Waals surface area contributed by atoms with Gasteiger partial charge in [-0.1, -0.05) is 12.1 Å². The molecular formula is C16H25N3O2. The lowest BCUT2D eigenvalue weighted by molar-refractivity contribution is 0.0343. The zero-order valence-electron chi connectivity index (χ0n) is 13.2. The predicted octanol–water partition coefficient (Wildman–Crippen LogP) is 2.50. The molecule has 1 atom stereocenters. The first-order valence-corrected chi connectivity index (χ1v) is 8.11. The van der Waals surface area contributed by atoms with Crippen LogP contribution in [-0.2, 0) is 0 Å². The van der Waals surface area contributed by atoms with Gasteiger partial charge in [0.2, 0.25) is 5.76 Å². The van der Waals surface area contributed by atoms with Crippen molar-refractivity contribution in [1.82, 2.24) is 15.0 Å². The zero-order valence-corrected chi connectivity index (χ0v) is 13.2.